The standard InChI is InChI=1S/C22H22F2N2/c1-2-12-25(15-19-5-3-6-21(24)14-19)17-22-7-4-13-26(22)16-18-8-10-20(23)11-9-18/h2-11,13-14H,1,12,15-17H2. The van der Waals surface area contributed by atoms with Gasteiger partial charge in [-0.3, -0.25) is 4.90 Å². The third-order valence-electron chi connectivity index (χ3n) is 4.26. The first kappa shape index (κ1) is 18.1. The molecule has 0 N–H and O–H groups in total. The maximum absolute atomic E-state index is 13.4. The van der Waals surface area contributed by atoms with Crippen LogP contribution in [0.4, 0.5) is 8.78 Å². The lowest BCUT2D eigenvalue weighted by Crippen LogP contribution is -2.24. The number of nitrogens with zero attached hydrogens (tertiary/aromatic N) is 2. The van der Waals surface area contributed by atoms with E-state index in [0.29, 0.717) is 19.6 Å². The molecule has 26 heavy (non-hydrogen) atoms. The number of hydrogen-bond donors (Lipinski definition) is 0. The minimum atomic E-state index is -0.228. The van der Waals surface area contributed by atoms with Crippen molar-refractivity contribution in [2.75, 3.05) is 6.54 Å². The van der Waals surface area contributed by atoms with Crippen LogP contribution in [0.1, 0.15) is 16.8 Å². The highest BCUT2D eigenvalue weighted by Crippen LogP contribution is 2.14. The highest BCUT2D eigenvalue weighted by atomic mass is 19.1. The fourth-order valence-electron chi connectivity index (χ4n) is 3.02. The minimum absolute atomic E-state index is 0.222. The molecule has 0 aliphatic carbocycles. The van der Waals surface area contributed by atoms with E-state index >= 15 is 0 Å². The molecule has 0 saturated heterocycles. The fourth-order valence-corrected chi connectivity index (χ4v) is 3.02. The number of halogens is 2. The van der Waals surface area contributed by atoms with Gasteiger partial charge in [0.15, 0.2) is 0 Å². The van der Waals surface area contributed by atoms with E-state index in [4.69, 9.17) is 0 Å². The quantitative estimate of drug-likeness (QED) is 0.518. The van der Waals surface area contributed by atoms with Gasteiger partial charge < -0.3 is 4.57 Å². The maximum atomic E-state index is 13.4. The lowest BCUT2D eigenvalue weighted by molar-refractivity contribution is 0.278. The van der Waals surface area contributed by atoms with Crippen LogP contribution in [0.15, 0.2) is 79.5 Å². The predicted octanol–water partition coefficient (Wildman–Crippen LogP) is 5.00. The molecule has 0 amide bonds. The van der Waals surface area contributed by atoms with Crippen molar-refractivity contribution >= 4 is 0 Å². The molecule has 2 nitrogen and oxygen atoms in total. The van der Waals surface area contributed by atoms with Gasteiger partial charge in [0, 0.05) is 38.1 Å². The van der Waals surface area contributed by atoms with Crippen molar-refractivity contribution in [3.63, 3.8) is 0 Å². The number of hydrogen-bond acceptors (Lipinski definition) is 1. The summed E-state index contributed by atoms with van der Waals surface area (Å²) in [7, 11) is 0. The molecule has 1 aromatic heterocycles. The van der Waals surface area contributed by atoms with Crippen molar-refractivity contribution in [1.29, 1.82) is 0 Å². The van der Waals surface area contributed by atoms with Crippen molar-refractivity contribution in [2.24, 2.45) is 0 Å². The third kappa shape index (κ3) is 4.90. The lowest BCUT2D eigenvalue weighted by Gasteiger charge is -2.22. The number of aromatic nitrogens is 1. The topological polar surface area (TPSA) is 8.17 Å². The Hall–Kier alpha value is -2.72. The normalized spacial score (nSPS) is 11.0. The van der Waals surface area contributed by atoms with Crippen LogP contribution in [0.25, 0.3) is 0 Å². The molecule has 0 unspecified atom stereocenters. The second-order valence-corrected chi connectivity index (χ2v) is 6.34. The zero-order chi connectivity index (χ0) is 18.4. The Labute approximate surface area is 153 Å². The van der Waals surface area contributed by atoms with Crippen LogP contribution in [-0.4, -0.2) is 16.0 Å². The molecule has 0 spiro atoms. The average Bonchev–Trinajstić information content (AvgIpc) is 3.04. The van der Waals surface area contributed by atoms with E-state index in [0.717, 1.165) is 23.4 Å². The third-order valence-corrected chi connectivity index (χ3v) is 4.26. The smallest absolute Gasteiger partial charge is 0.123 e. The summed E-state index contributed by atoms with van der Waals surface area (Å²) in [5.74, 6) is -0.450. The second kappa shape index (κ2) is 8.59. The molecule has 3 aromatic rings. The molecule has 0 radical (unpaired) electrons. The highest BCUT2D eigenvalue weighted by molar-refractivity contribution is 5.19. The van der Waals surface area contributed by atoms with E-state index in [1.165, 1.54) is 18.2 Å². The largest absolute Gasteiger partial charge is 0.346 e. The Bertz CT molecular complexity index is 853. The van der Waals surface area contributed by atoms with Crippen LogP contribution in [0.3, 0.4) is 0 Å². The Kier molecular flexibility index (Phi) is 5.97. The number of rotatable bonds is 8. The van der Waals surface area contributed by atoms with Gasteiger partial charge in [-0.15, -0.1) is 6.58 Å². The first-order chi connectivity index (χ1) is 12.6. The van der Waals surface area contributed by atoms with Gasteiger partial charge in [0.25, 0.3) is 0 Å². The van der Waals surface area contributed by atoms with Gasteiger partial charge in [0.2, 0.25) is 0 Å². The molecule has 0 saturated carbocycles. The van der Waals surface area contributed by atoms with Crippen LogP contribution in [0.5, 0.6) is 0 Å². The van der Waals surface area contributed by atoms with Crippen LogP contribution < -0.4 is 0 Å². The summed E-state index contributed by atoms with van der Waals surface area (Å²) in [6.07, 6.45) is 3.87. The zero-order valence-corrected chi connectivity index (χ0v) is 14.6. The summed E-state index contributed by atoms with van der Waals surface area (Å²) in [5.41, 5.74) is 3.13. The highest BCUT2D eigenvalue weighted by Gasteiger charge is 2.10. The van der Waals surface area contributed by atoms with Gasteiger partial charge in [0.05, 0.1) is 0 Å². The molecule has 0 aliphatic heterocycles. The van der Waals surface area contributed by atoms with Gasteiger partial charge in [-0.05, 0) is 47.5 Å². The van der Waals surface area contributed by atoms with Gasteiger partial charge in [-0.1, -0.05) is 30.3 Å². The van der Waals surface area contributed by atoms with Crippen molar-refractivity contribution < 1.29 is 8.78 Å². The molecule has 0 aliphatic rings. The maximum Gasteiger partial charge on any atom is 0.123 e. The Balaban J connectivity index is 1.72. The van der Waals surface area contributed by atoms with Crippen molar-refractivity contribution in [2.45, 2.75) is 19.6 Å². The zero-order valence-electron chi connectivity index (χ0n) is 14.6. The summed E-state index contributed by atoms with van der Waals surface area (Å²) < 4.78 is 28.7. The molecule has 1 heterocycles. The van der Waals surface area contributed by atoms with Crippen molar-refractivity contribution in [1.82, 2.24) is 9.47 Å². The minimum Gasteiger partial charge on any atom is -0.346 e. The van der Waals surface area contributed by atoms with Gasteiger partial charge in [0.1, 0.15) is 11.6 Å². The van der Waals surface area contributed by atoms with E-state index in [-0.39, 0.29) is 11.6 Å². The Morgan fingerprint density at radius 2 is 1.69 bits per heavy atom. The lowest BCUT2D eigenvalue weighted by atomic mass is 10.2. The molecule has 0 bridgehead atoms. The molecule has 0 atom stereocenters. The molecule has 3 rings (SSSR count). The van der Waals surface area contributed by atoms with Crippen LogP contribution in [0, 0.1) is 11.6 Å². The molecular formula is C22H22F2N2. The molecule has 134 valence electrons. The molecule has 0 fully saturated rings. The molecule has 2 aromatic carbocycles. The Morgan fingerprint density at radius 3 is 2.42 bits per heavy atom. The first-order valence-corrected chi connectivity index (χ1v) is 8.60. The Morgan fingerprint density at radius 1 is 0.885 bits per heavy atom. The van der Waals surface area contributed by atoms with Gasteiger partial charge >= 0.3 is 0 Å². The van der Waals surface area contributed by atoms with Crippen LogP contribution in [0.2, 0.25) is 0 Å². The average molecular weight is 352 g/mol. The predicted molar refractivity (Wildman–Crippen MR) is 101 cm³/mol. The van der Waals surface area contributed by atoms with Crippen molar-refractivity contribution in [3.05, 3.63) is 108 Å². The number of benzene rings is 2. The summed E-state index contributed by atoms with van der Waals surface area (Å²) in [6, 6.07) is 17.3. The van der Waals surface area contributed by atoms with E-state index in [1.807, 2.05) is 24.4 Å². The first-order valence-electron chi connectivity index (χ1n) is 8.60. The van der Waals surface area contributed by atoms with Crippen LogP contribution in [-0.2, 0) is 19.6 Å². The summed E-state index contributed by atoms with van der Waals surface area (Å²) in [5, 5.41) is 0. The van der Waals surface area contributed by atoms with Gasteiger partial charge in [-0.2, -0.15) is 0 Å². The van der Waals surface area contributed by atoms with Crippen molar-refractivity contribution in [3.8, 4) is 0 Å². The summed E-state index contributed by atoms with van der Waals surface area (Å²) >= 11 is 0. The van der Waals surface area contributed by atoms with E-state index < -0.39 is 0 Å². The van der Waals surface area contributed by atoms with Gasteiger partial charge in [-0.25, -0.2) is 8.78 Å². The van der Waals surface area contributed by atoms with E-state index in [1.54, 1.807) is 24.3 Å². The molecular weight excluding hydrogens is 330 g/mol. The fraction of sp³-hybridized carbons (Fsp3) is 0.182. The second-order valence-electron chi connectivity index (χ2n) is 6.34. The SMILES string of the molecule is C=CCN(Cc1cccc(F)c1)Cc1cccn1Cc1ccc(F)cc1. The summed E-state index contributed by atoms with van der Waals surface area (Å²) in [4.78, 5) is 2.21. The van der Waals surface area contributed by atoms with E-state index in [2.05, 4.69) is 22.1 Å². The monoisotopic (exact) mass is 352 g/mol. The molecule has 4 heteroatoms. The van der Waals surface area contributed by atoms with Crippen LogP contribution >= 0.6 is 0 Å². The summed E-state index contributed by atoms with van der Waals surface area (Å²) in [6.45, 7) is 6.58. The van der Waals surface area contributed by atoms with E-state index in [9.17, 15) is 8.78 Å².